The number of aromatic nitrogens is 3. The van der Waals surface area contributed by atoms with Gasteiger partial charge in [-0.25, -0.2) is 4.68 Å². The van der Waals surface area contributed by atoms with Crippen molar-refractivity contribution < 1.29 is 0 Å². The predicted molar refractivity (Wildman–Crippen MR) is 110 cm³/mol. The van der Waals surface area contributed by atoms with Gasteiger partial charge in [0.1, 0.15) is 11.6 Å². The van der Waals surface area contributed by atoms with Crippen LogP contribution in [0.3, 0.4) is 0 Å². The normalized spacial score (nSPS) is 11.1. The summed E-state index contributed by atoms with van der Waals surface area (Å²) < 4.78 is 3.20. The fourth-order valence-electron chi connectivity index (χ4n) is 3.19. The Morgan fingerprint density at radius 3 is 2.46 bits per heavy atom. The van der Waals surface area contributed by atoms with Crippen LogP contribution in [0.4, 0.5) is 0 Å². The average molecular weight is 373 g/mol. The van der Waals surface area contributed by atoms with Crippen molar-refractivity contribution >= 4 is 6.21 Å². The third kappa shape index (κ3) is 3.65. The van der Waals surface area contributed by atoms with Crippen molar-refractivity contribution in [1.29, 1.82) is 5.26 Å². The molecule has 3 rings (SSSR count). The zero-order chi connectivity index (χ0) is 20.4. The van der Waals surface area contributed by atoms with Crippen LogP contribution in [-0.2, 0) is 6.54 Å². The lowest BCUT2D eigenvalue weighted by Gasteiger charge is -2.07. The standard InChI is InChI=1S/C22H23N5O/c1-14-6-8-19(9-7-14)13-26-18(5)21(17(4)25-26)12-24-27-16(3)10-15(2)20(11-23)22(27)28/h6-10,12H,13H2,1-5H3/b24-12+. The second-order valence-corrected chi connectivity index (χ2v) is 7.04. The van der Waals surface area contributed by atoms with Gasteiger partial charge in [0.05, 0.1) is 18.5 Å². The summed E-state index contributed by atoms with van der Waals surface area (Å²) in [7, 11) is 0. The highest BCUT2D eigenvalue weighted by atomic mass is 16.1. The molecule has 0 radical (unpaired) electrons. The van der Waals surface area contributed by atoms with Gasteiger partial charge in [-0.05, 0) is 51.8 Å². The second kappa shape index (κ2) is 7.65. The Balaban J connectivity index is 1.96. The molecule has 28 heavy (non-hydrogen) atoms. The first-order chi connectivity index (χ1) is 13.3. The smallest absolute Gasteiger partial charge is 0.266 e. The van der Waals surface area contributed by atoms with Gasteiger partial charge < -0.3 is 0 Å². The van der Waals surface area contributed by atoms with Crippen molar-refractivity contribution in [2.75, 3.05) is 0 Å². The highest BCUT2D eigenvalue weighted by molar-refractivity contribution is 5.82. The van der Waals surface area contributed by atoms with Crippen LogP contribution in [0, 0.1) is 45.9 Å². The van der Waals surface area contributed by atoms with E-state index in [0.717, 1.165) is 17.0 Å². The van der Waals surface area contributed by atoms with Crippen LogP contribution in [0.1, 0.15) is 44.9 Å². The third-order valence-electron chi connectivity index (χ3n) is 4.86. The summed E-state index contributed by atoms with van der Waals surface area (Å²) in [5.74, 6) is 0. The van der Waals surface area contributed by atoms with Gasteiger partial charge in [-0.1, -0.05) is 29.8 Å². The molecule has 0 bridgehead atoms. The number of aryl methyl sites for hydroxylation is 4. The highest BCUT2D eigenvalue weighted by Gasteiger charge is 2.12. The molecule has 0 atom stereocenters. The third-order valence-corrected chi connectivity index (χ3v) is 4.86. The number of pyridine rings is 1. The van der Waals surface area contributed by atoms with Crippen LogP contribution in [0.15, 0.2) is 40.2 Å². The lowest BCUT2D eigenvalue weighted by atomic mass is 10.1. The topological polar surface area (TPSA) is 76.0 Å². The average Bonchev–Trinajstić information content (AvgIpc) is 2.90. The maximum absolute atomic E-state index is 12.5. The molecule has 0 aliphatic heterocycles. The van der Waals surface area contributed by atoms with Crippen LogP contribution in [0.5, 0.6) is 0 Å². The van der Waals surface area contributed by atoms with Gasteiger partial charge in [-0.2, -0.15) is 15.5 Å². The molecule has 0 aliphatic rings. The van der Waals surface area contributed by atoms with Crippen molar-refractivity contribution in [3.63, 3.8) is 0 Å². The number of nitrogens with zero attached hydrogens (tertiary/aromatic N) is 5. The van der Waals surface area contributed by atoms with E-state index in [9.17, 15) is 10.1 Å². The molecule has 0 spiro atoms. The fourth-order valence-corrected chi connectivity index (χ4v) is 3.19. The quantitative estimate of drug-likeness (QED) is 0.658. The van der Waals surface area contributed by atoms with E-state index in [-0.39, 0.29) is 5.56 Å². The molecule has 6 heteroatoms. The zero-order valence-corrected chi connectivity index (χ0v) is 16.8. The van der Waals surface area contributed by atoms with E-state index in [0.29, 0.717) is 17.8 Å². The molecule has 2 aromatic heterocycles. The number of benzene rings is 1. The molecular formula is C22H23N5O. The van der Waals surface area contributed by atoms with Crippen LogP contribution in [0.2, 0.25) is 0 Å². The van der Waals surface area contributed by atoms with Crippen LogP contribution in [-0.4, -0.2) is 20.7 Å². The predicted octanol–water partition coefficient (Wildman–Crippen LogP) is 3.39. The molecule has 0 fully saturated rings. The molecule has 142 valence electrons. The molecule has 0 unspecified atom stereocenters. The SMILES string of the molecule is Cc1ccc(Cn2nc(C)c(/C=N/n3c(C)cc(C)c(C#N)c3=O)c2C)cc1. The van der Waals surface area contributed by atoms with Crippen LogP contribution >= 0.6 is 0 Å². The minimum atomic E-state index is -0.404. The monoisotopic (exact) mass is 373 g/mol. The van der Waals surface area contributed by atoms with Gasteiger partial charge in [0.15, 0.2) is 0 Å². The van der Waals surface area contributed by atoms with Crippen LogP contribution < -0.4 is 5.56 Å². The van der Waals surface area contributed by atoms with E-state index in [1.807, 2.05) is 24.6 Å². The zero-order valence-electron chi connectivity index (χ0n) is 16.8. The van der Waals surface area contributed by atoms with Gasteiger partial charge in [-0.3, -0.25) is 9.48 Å². The largest absolute Gasteiger partial charge is 0.289 e. The van der Waals surface area contributed by atoms with Gasteiger partial charge >= 0.3 is 0 Å². The first kappa shape index (κ1) is 19.3. The Bertz CT molecular complexity index is 1160. The van der Waals surface area contributed by atoms with E-state index >= 15 is 0 Å². The Hall–Kier alpha value is -3.46. The number of hydrogen-bond acceptors (Lipinski definition) is 4. The Morgan fingerprint density at radius 1 is 1.14 bits per heavy atom. The summed E-state index contributed by atoms with van der Waals surface area (Å²) in [6, 6.07) is 12.1. The first-order valence-corrected chi connectivity index (χ1v) is 9.09. The Labute approximate surface area is 164 Å². The molecule has 1 aromatic carbocycles. The molecule has 3 aromatic rings. The molecule has 6 nitrogen and oxygen atoms in total. The second-order valence-electron chi connectivity index (χ2n) is 7.04. The van der Waals surface area contributed by atoms with Crippen LogP contribution in [0.25, 0.3) is 0 Å². The van der Waals surface area contributed by atoms with Crippen molar-refractivity contribution in [2.24, 2.45) is 5.10 Å². The molecule has 0 amide bonds. The maximum atomic E-state index is 12.5. The summed E-state index contributed by atoms with van der Waals surface area (Å²) in [5, 5.41) is 18.2. The summed E-state index contributed by atoms with van der Waals surface area (Å²) >= 11 is 0. The summed E-state index contributed by atoms with van der Waals surface area (Å²) in [6.07, 6.45) is 1.65. The van der Waals surface area contributed by atoms with Crippen molar-refractivity contribution in [1.82, 2.24) is 14.5 Å². The molecule has 0 aliphatic carbocycles. The van der Waals surface area contributed by atoms with Gasteiger partial charge in [0.25, 0.3) is 5.56 Å². The maximum Gasteiger partial charge on any atom is 0.289 e. The molecule has 0 saturated heterocycles. The minimum absolute atomic E-state index is 0.117. The molecule has 0 N–H and O–H groups in total. The van der Waals surface area contributed by atoms with E-state index in [1.165, 1.54) is 15.8 Å². The summed E-state index contributed by atoms with van der Waals surface area (Å²) in [5.41, 5.74) is 6.13. The first-order valence-electron chi connectivity index (χ1n) is 9.09. The number of hydrogen-bond donors (Lipinski definition) is 0. The van der Waals surface area contributed by atoms with Crippen molar-refractivity contribution in [3.05, 3.63) is 85.6 Å². The Kier molecular flexibility index (Phi) is 5.27. The van der Waals surface area contributed by atoms with Gasteiger partial charge in [0, 0.05) is 17.0 Å². The molecule has 0 saturated carbocycles. The van der Waals surface area contributed by atoms with Crippen molar-refractivity contribution in [2.45, 2.75) is 41.2 Å². The molecular weight excluding hydrogens is 350 g/mol. The van der Waals surface area contributed by atoms with E-state index in [2.05, 4.69) is 41.4 Å². The van der Waals surface area contributed by atoms with E-state index < -0.39 is 5.56 Å². The van der Waals surface area contributed by atoms with Gasteiger partial charge in [0.2, 0.25) is 0 Å². The lowest BCUT2D eigenvalue weighted by molar-refractivity contribution is 0.659. The minimum Gasteiger partial charge on any atom is -0.266 e. The lowest BCUT2D eigenvalue weighted by Crippen LogP contribution is -2.22. The number of nitriles is 1. The van der Waals surface area contributed by atoms with Gasteiger partial charge in [-0.15, -0.1) is 0 Å². The summed E-state index contributed by atoms with van der Waals surface area (Å²) in [4.78, 5) is 12.5. The number of rotatable bonds is 4. The van der Waals surface area contributed by atoms with Crippen molar-refractivity contribution in [3.8, 4) is 6.07 Å². The molecule has 2 heterocycles. The van der Waals surface area contributed by atoms with E-state index in [1.54, 1.807) is 26.1 Å². The van der Waals surface area contributed by atoms with E-state index in [4.69, 9.17) is 0 Å². The fraction of sp³-hybridized carbons (Fsp3) is 0.273. The highest BCUT2D eigenvalue weighted by Crippen LogP contribution is 2.14. The Morgan fingerprint density at radius 2 is 1.82 bits per heavy atom. The summed E-state index contributed by atoms with van der Waals surface area (Å²) in [6.45, 7) is 10.2.